The molecule has 0 aliphatic carbocycles. The van der Waals surface area contributed by atoms with Crippen molar-refractivity contribution in [3.8, 4) is 0 Å². The average molecular weight is 330 g/mol. The number of nitrogens with zero attached hydrogens (tertiary/aromatic N) is 3. The molecule has 0 radical (unpaired) electrons. The van der Waals surface area contributed by atoms with Crippen molar-refractivity contribution in [1.82, 2.24) is 19.4 Å². The van der Waals surface area contributed by atoms with Gasteiger partial charge < -0.3 is 10.1 Å². The molecule has 1 aromatic heterocycles. The molecule has 1 aliphatic heterocycles. The lowest BCUT2D eigenvalue weighted by Crippen LogP contribution is -2.56. The number of methoxy groups -OCH3 is 1. The van der Waals surface area contributed by atoms with Crippen LogP contribution in [0.15, 0.2) is 18.5 Å². The van der Waals surface area contributed by atoms with Crippen molar-refractivity contribution in [2.45, 2.75) is 18.4 Å². The summed E-state index contributed by atoms with van der Waals surface area (Å²) in [5.74, 6) is -0.151. The molecule has 1 aliphatic rings. The van der Waals surface area contributed by atoms with Crippen LogP contribution < -0.4 is 5.32 Å². The zero-order valence-corrected chi connectivity index (χ0v) is 13.7. The summed E-state index contributed by atoms with van der Waals surface area (Å²) in [4.78, 5) is 12.7. The Balaban J connectivity index is 2.17. The summed E-state index contributed by atoms with van der Waals surface area (Å²) < 4.78 is 31.3. The summed E-state index contributed by atoms with van der Waals surface area (Å²) in [6.07, 6.45) is 5.33. The number of carbonyl (C=O) groups is 1. The van der Waals surface area contributed by atoms with E-state index in [-0.39, 0.29) is 5.91 Å². The molecule has 124 valence electrons. The number of sulfonamides is 1. The highest BCUT2D eigenvalue weighted by Crippen LogP contribution is 2.30. The van der Waals surface area contributed by atoms with Crippen molar-refractivity contribution in [3.05, 3.63) is 18.5 Å². The Kier molecular flexibility index (Phi) is 5.20. The van der Waals surface area contributed by atoms with E-state index in [9.17, 15) is 13.2 Å². The number of amides is 1. The van der Waals surface area contributed by atoms with Crippen LogP contribution in [0, 0.1) is 0 Å². The van der Waals surface area contributed by atoms with Gasteiger partial charge in [-0.3, -0.25) is 9.48 Å². The number of ether oxygens (including phenoxy) is 1. The molecule has 2 rings (SSSR count). The van der Waals surface area contributed by atoms with Crippen LogP contribution in [-0.2, 0) is 25.1 Å². The molecule has 1 amide bonds. The summed E-state index contributed by atoms with van der Waals surface area (Å²) >= 11 is 0. The van der Waals surface area contributed by atoms with Crippen LogP contribution in [0.5, 0.6) is 0 Å². The predicted octanol–water partition coefficient (Wildman–Crippen LogP) is -0.604. The van der Waals surface area contributed by atoms with E-state index in [4.69, 9.17) is 4.74 Å². The number of carbonyl (C=O) groups excluding carboxylic acids is 1. The molecule has 0 atom stereocenters. The first-order valence-electron chi connectivity index (χ1n) is 7.12. The van der Waals surface area contributed by atoms with Crippen LogP contribution >= 0.6 is 0 Å². The van der Waals surface area contributed by atoms with Gasteiger partial charge in [-0.15, -0.1) is 0 Å². The van der Waals surface area contributed by atoms with Crippen molar-refractivity contribution in [2.75, 3.05) is 39.6 Å². The molecule has 0 saturated carbocycles. The molecular formula is C13H22N4O4S. The molecule has 0 spiro atoms. The second-order valence-electron chi connectivity index (χ2n) is 5.39. The second kappa shape index (κ2) is 6.76. The van der Waals surface area contributed by atoms with Crippen LogP contribution in [0.3, 0.4) is 0 Å². The third kappa shape index (κ3) is 3.47. The quantitative estimate of drug-likeness (QED) is 0.703. The van der Waals surface area contributed by atoms with Crippen molar-refractivity contribution < 1.29 is 17.9 Å². The molecule has 0 aromatic carbocycles. The predicted molar refractivity (Wildman–Crippen MR) is 80.7 cm³/mol. The molecule has 0 unspecified atom stereocenters. The van der Waals surface area contributed by atoms with Gasteiger partial charge in [-0.1, -0.05) is 0 Å². The summed E-state index contributed by atoms with van der Waals surface area (Å²) in [5.41, 5.74) is -0.849. The molecule has 22 heavy (non-hydrogen) atoms. The lowest BCUT2D eigenvalue weighted by atomic mass is 9.87. The first-order chi connectivity index (χ1) is 10.4. The molecule has 8 nitrogen and oxygen atoms in total. The summed E-state index contributed by atoms with van der Waals surface area (Å²) in [7, 11) is -1.67. The van der Waals surface area contributed by atoms with Crippen LogP contribution in [0.2, 0.25) is 0 Å². The number of nitrogens with one attached hydrogen (secondary N) is 1. The topological polar surface area (TPSA) is 93.5 Å². The number of hydrogen-bond acceptors (Lipinski definition) is 5. The smallest absolute Gasteiger partial charge is 0.248 e. The Morgan fingerprint density at radius 2 is 2.09 bits per heavy atom. The Labute approximate surface area is 130 Å². The first-order valence-corrected chi connectivity index (χ1v) is 8.97. The molecule has 1 aromatic rings. The third-order valence-electron chi connectivity index (χ3n) is 3.98. The number of aromatic nitrogens is 2. The molecular weight excluding hydrogens is 308 g/mol. The Morgan fingerprint density at radius 1 is 1.41 bits per heavy atom. The highest BCUT2D eigenvalue weighted by molar-refractivity contribution is 7.88. The highest BCUT2D eigenvalue weighted by atomic mass is 32.2. The van der Waals surface area contributed by atoms with Gasteiger partial charge in [-0.2, -0.15) is 5.10 Å². The normalized spacial score (nSPS) is 19.0. The lowest BCUT2D eigenvalue weighted by molar-refractivity contribution is -0.132. The van der Waals surface area contributed by atoms with E-state index in [0.717, 1.165) is 0 Å². The fraction of sp³-hybridized carbons (Fsp3) is 0.692. The molecule has 1 N–H and O–H groups in total. The highest BCUT2D eigenvalue weighted by Gasteiger charge is 2.44. The number of rotatable bonds is 6. The second-order valence-corrected chi connectivity index (χ2v) is 7.38. The van der Waals surface area contributed by atoms with Gasteiger partial charge >= 0.3 is 0 Å². The average Bonchev–Trinajstić information content (AvgIpc) is 3.01. The number of hydrogen-bond donors (Lipinski definition) is 1. The van der Waals surface area contributed by atoms with E-state index in [2.05, 4.69) is 10.4 Å². The zero-order valence-electron chi connectivity index (χ0n) is 12.9. The number of piperidine rings is 1. The minimum Gasteiger partial charge on any atom is -0.383 e. The van der Waals surface area contributed by atoms with E-state index in [0.29, 0.717) is 39.1 Å². The van der Waals surface area contributed by atoms with Crippen molar-refractivity contribution >= 4 is 15.9 Å². The van der Waals surface area contributed by atoms with Gasteiger partial charge in [0, 0.05) is 39.1 Å². The van der Waals surface area contributed by atoms with Gasteiger partial charge in [0.25, 0.3) is 0 Å². The summed E-state index contributed by atoms with van der Waals surface area (Å²) in [5, 5.41) is 7.05. The van der Waals surface area contributed by atoms with Gasteiger partial charge in [-0.05, 0) is 18.9 Å². The first kappa shape index (κ1) is 16.9. The van der Waals surface area contributed by atoms with Crippen molar-refractivity contribution in [3.63, 3.8) is 0 Å². The molecule has 1 saturated heterocycles. The van der Waals surface area contributed by atoms with Crippen molar-refractivity contribution in [2.24, 2.45) is 0 Å². The molecule has 1 fully saturated rings. The van der Waals surface area contributed by atoms with E-state index in [1.165, 1.54) is 10.6 Å². The van der Waals surface area contributed by atoms with Crippen LogP contribution in [-0.4, -0.2) is 68.0 Å². The molecule has 9 heteroatoms. The van der Waals surface area contributed by atoms with Crippen molar-refractivity contribution in [1.29, 1.82) is 0 Å². The zero-order chi connectivity index (χ0) is 16.2. The van der Waals surface area contributed by atoms with E-state index < -0.39 is 15.6 Å². The van der Waals surface area contributed by atoms with Gasteiger partial charge in [0.1, 0.15) is 5.54 Å². The van der Waals surface area contributed by atoms with E-state index in [1.54, 1.807) is 30.3 Å². The minimum absolute atomic E-state index is 0.151. The third-order valence-corrected chi connectivity index (χ3v) is 5.28. The Morgan fingerprint density at radius 3 is 2.59 bits per heavy atom. The standard InChI is InChI=1S/C13H22N4O4S/c1-21-11-7-14-12(18)13(17-8-3-6-15-17)4-9-16(10-5-13)22(2,19)20/h3,6,8H,4-5,7,9-11H2,1-2H3,(H,14,18). The van der Waals surface area contributed by atoms with Crippen LogP contribution in [0.25, 0.3) is 0 Å². The van der Waals surface area contributed by atoms with Gasteiger partial charge in [0.05, 0.1) is 12.9 Å². The van der Waals surface area contributed by atoms with E-state index >= 15 is 0 Å². The van der Waals surface area contributed by atoms with Gasteiger partial charge in [0.2, 0.25) is 15.9 Å². The summed E-state index contributed by atoms with van der Waals surface area (Å²) in [6.45, 7) is 1.44. The lowest BCUT2D eigenvalue weighted by Gasteiger charge is -2.39. The van der Waals surface area contributed by atoms with Gasteiger partial charge in [0.15, 0.2) is 0 Å². The SMILES string of the molecule is COCCNC(=O)C1(n2cccn2)CCN(S(C)(=O)=O)CC1. The summed E-state index contributed by atoms with van der Waals surface area (Å²) in [6, 6.07) is 1.76. The largest absolute Gasteiger partial charge is 0.383 e. The molecule has 2 heterocycles. The maximum absolute atomic E-state index is 12.7. The van der Waals surface area contributed by atoms with Crippen LogP contribution in [0.1, 0.15) is 12.8 Å². The van der Waals surface area contributed by atoms with Crippen LogP contribution in [0.4, 0.5) is 0 Å². The molecule has 0 bridgehead atoms. The fourth-order valence-corrected chi connectivity index (χ4v) is 3.55. The van der Waals surface area contributed by atoms with E-state index in [1.807, 2.05) is 0 Å². The Bertz CT molecular complexity index is 592. The monoisotopic (exact) mass is 330 g/mol. The fourth-order valence-electron chi connectivity index (χ4n) is 2.70. The minimum atomic E-state index is -3.24. The maximum atomic E-state index is 12.7. The Hall–Kier alpha value is -1.45. The van der Waals surface area contributed by atoms with Gasteiger partial charge in [-0.25, -0.2) is 12.7 Å². The maximum Gasteiger partial charge on any atom is 0.248 e.